The maximum atomic E-state index is 12.4. The van der Waals surface area contributed by atoms with Gasteiger partial charge in [0.25, 0.3) is 0 Å². The molecule has 0 unspecified atom stereocenters. The molecule has 4 nitrogen and oxygen atoms in total. The highest BCUT2D eigenvalue weighted by Gasteiger charge is 2.19. The predicted octanol–water partition coefficient (Wildman–Crippen LogP) is 3.31. The molecule has 3 aromatic carbocycles. The summed E-state index contributed by atoms with van der Waals surface area (Å²) in [5.41, 5.74) is 0. The van der Waals surface area contributed by atoms with Crippen molar-refractivity contribution in [2.45, 2.75) is 4.90 Å². The second kappa shape index (κ2) is 5.10. The second-order valence-corrected chi connectivity index (χ2v) is 6.03. The molecule has 0 amide bonds. The first-order valence-corrected chi connectivity index (χ1v) is 7.68. The molecule has 3 aromatic rings. The van der Waals surface area contributed by atoms with Crippen LogP contribution in [0.2, 0.25) is 0 Å². The van der Waals surface area contributed by atoms with E-state index < -0.39 is 10.1 Å². The van der Waals surface area contributed by atoms with Crippen LogP contribution in [0.15, 0.2) is 71.6 Å². The molecule has 0 spiro atoms. The average molecular weight is 300 g/mol. The van der Waals surface area contributed by atoms with Gasteiger partial charge in [-0.05, 0) is 41.8 Å². The fourth-order valence-electron chi connectivity index (χ4n) is 2.11. The number of phenols is 1. The number of rotatable bonds is 3. The van der Waals surface area contributed by atoms with Crippen molar-refractivity contribution in [2.24, 2.45) is 0 Å². The Morgan fingerprint density at radius 3 is 2.38 bits per heavy atom. The van der Waals surface area contributed by atoms with Crippen molar-refractivity contribution in [1.82, 2.24) is 0 Å². The van der Waals surface area contributed by atoms with Crippen LogP contribution >= 0.6 is 0 Å². The minimum Gasteiger partial charge on any atom is -0.508 e. The van der Waals surface area contributed by atoms with E-state index in [1.165, 1.54) is 18.2 Å². The smallest absolute Gasteiger partial charge is 0.339 e. The number of hydrogen-bond donors (Lipinski definition) is 1. The molecule has 0 aliphatic heterocycles. The molecule has 0 aromatic heterocycles. The van der Waals surface area contributed by atoms with Crippen LogP contribution in [0, 0.1) is 0 Å². The Labute approximate surface area is 122 Å². The van der Waals surface area contributed by atoms with Gasteiger partial charge in [0.15, 0.2) is 0 Å². The number of benzene rings is 3. The Balaban J connectivity index is 2.11. The molecule has 0 saturated carbocycles. The third-order valence-corrected chi connectivity index (χ3v) is 4.35. The summed E-state index contributed by atoms with van der Waals surface area (Å²) >= 11 is 0. The van der Waals surface area contributed by atoms with Gasteiger partial charge in [-0.25, -0.2) is 0 Å². The molecular formula is C16H12O4S. The van der Waals surface area contributed by atoms with Crippen LogP contribution in [-0.4, -0.2) is 13.5 Å². The fraction of sp³-hybridized carbons (Fsp3) is 0. The summed E-state index contributed by atoms with van der Waals surface area (Å²) in [6, 6.07) is 17.7. The first kappa shape index (κ1) is 13.5. The van der Waals surface area contributed by atoms with Crippen molar-refractivity contribution >= 4 is 20.9 Å². The number of aromatic hydroxyl groups is 1. The van der Waals surface area contributed by atoms with Gasteiger partial charge in [-0.15, -0.1) is 0 Å². The molecule has 21 heavy (non-hydrogen) atoms. The third-order valence-electron chi connectivity index (χ3n) is 3.04. The van der Waals surface area contributed by atoms with E-state index >= 15 is 0 Å². The minimum absolute atomic E-state index is 0.0730. The van der Waals surface area contributed by atoms with Crippen LogP contribution in [0.1, 0.15) is 0 Å². The zero-order chi connectivity index (χ0) is 14.9. The lowest BCUT2D eigenvalue weighted by Gasteiger charge is -2.09. The molecule has 106 valence electrons. The molecule has 5 heteroatoms. The summed E-state index contributed by atoms with van der Waals surface area (Å²) in [6.45, 7) is 0. The van der Waals surface area contributed by atoms with E-state index in [0.717, 1.165) is 0 Å². The van der Waals surface area contributed by atoms with Gasteiger partial charge < -0.3 is 9.29 Å². The van der Waals surface area contributed by atoms with Crippen LogP contribution < -0.4 is 4.18 Å². The van der Waals surface area contributed by atoms with Gasteiger partial charge in [0, 0.05) is 5.39 Å². The van der Waals surface area contributed by atoms with Gasteiger partial charge in [0.2, 0.25) is 0 Å². The average Bonchev–Trinajstić information content (AvgIpc) is 2.47. The van der Waals surface area contributed by atoms with E-state index in [0.29, 0.717) is 10.8 Å². The SMILES string of the molecule is O=S(=O)(Oc1ccccc1)c1cccc2cc(O)ccc12. The summed E-state index contributed by atoms with van der Waals surface area (Å²) in [6.07, 6.45) is 0. The Kier molecular flexibility index (Phi) is 3.27. The molecule has 0 radical (unpaired) electrons. The van der Waals surface area contributed by atoms with E-state index in [-0.39, 0.29) is 16.4 Å². The van der Waals surface area contributed by atoms with Gasteiger partial charge in [-0.2, -0.15) is 8.42 Å². The number of fused-ring (bicyclic) bond motifs is 1. The maximum absolute atomic E-state index is 12.4. The maximum Gasteiger partial charge on any atom is 0.339 e. The summed E-state index contributed by atoms with van der Waals surface area (Å²) in [5.74, 6) is 0.342. The Morgan fingerprint density at radius 1 is 0.857 bits per heavy atom. The van der Waals surface area contributed by atoms with Crippen molar-refractivity contribution in [3.05, 3.63) is 66.7 Å². The normalized spacial score (nSPS) is 11.4. The van der Waals surface area contributed by atoms with E-state index in [1.807, 2.05) is 0 Å². The van der Waals surface area contributed by atoms with Gasteiger partial charge in [0.1, 0.15) is 16.4 Å². The molecule has 0 aliphatic rings. The molecule has 0 aliphatic carbocycles. The van der Waals surface area contributed by atoms with Gasteiger partial charge in [0.05, 0.1) is 0 Å². The largest absolute Gasteiger partial charge is 0.508 e. The van der Waals surface area contributed by atoms with E-state index in [1.54, 1.807) is 48.5 Å². The lowest BCUT2D eigenvalue weighted by molar-refractivity contribution is 0.475. The minimum atomic E-state index is -3.93. The molecule has 3 rings (SSSR count). The van der Waals surface area contributed by atoms with E-state index in [4.69, 9.17) is 4.18 Å². The van der Waals surface area contributed by atoms with Gasteiger partial charge in [-0.1, -0.05) is 30.3 Å². The van der Waals surface area contributed by atoms with Crippen LogP contribution in [0.5, 0.6) is 11.5 Å². The first-order chi connectivity index (χ1) is 10.1. The van der Waals surface area contributed by atoms with Gasteiger partial charge >= 0.3 is 10.1 Å². The predicted molar refractivity (Wildman–Crippen MR) is 79.9 cm³/mol. The summed E-state index contributed by atoms with van der Waals surface area (Å²) in [4.78, 5) is 0.0730. The van der Waals surface area contributed by atoms with Crippen LogP contribution in [0.25, 0.3) is 10.8 Å². The molecule has 1 N–H and O–H groups in total. The lowest BCUT2D eigenvalue weighted by atomic mass is 10.1. The first-order valence-electron chi connectivity index (χ1n) is 6.27. The van der Waals surface area contributed by atoms with Crippen LogP contribution in [-0.2, 0) is 10.1 Å². The summed E-state index contributed by atoms with van der Waals surface area (Å²) < 4.78 is 30.0. The Morgan fingerprint density at radius 2 is 1.62 bits per heavy atom. The van der Waals surface area contributed by atoms with Crippen LogP contribution in [0.4, 0.5) is 0 Å². The number of phenolic OH excluding ortho intramolecular Hbond substituents is 1. The zero-order valence-electron chi connectivity index (χ0n) is 10.9. The summed E-state index contributed by atoms with van der Waals surface area (Å²) in [5, 5.41) is 10.6. The lowest BCUT2D eigenvalue weighted by Crippen LogP contribution is -2.10. The van der Waals surface area contributed by atoms with E-state index in [2.05, 4.69) is 0 Å². The molecule has 0 fully saturated rings. The van der Waals surface area contributed by atoms with Crippen molar-refractivity contribution in [1.29, 1.82) is 0 Å². The number of hydrogen-bond acceptors (Lipinski definition) is 4. The molecule has 0 atom stereocenters. The molecule has 0 heterocycles. The number of para-hydroxylation sites is 1. The Hall–Kier alpha value is -2.53. The highest BCUT2D eigenvalue weighted by Crippen LogP contribution is 2.28. The fourth-order valence-corrected chi connectivity index (χ4v) is 3.26. The topological polar surface area (TPSA) is 63.6 Å². The zero-order valence-corrected chi connectivity index (χ0v) is 11.7. The van der Waals surface area contributed by atoms with Crippen molar-refractivity contribution in [2.75, 3.05) is 0 Å². The Bertz CT molecular complexity index is 887. The summed E-state index contributed by atoms with van der Waals surface area (Å²) in [7, 11) is -3.93. The molecule has 0 bridgehead atoms. The standard InChI is InChI=1S/C16H12O4S/c17-13-9-10-15-12(11-13)5-4-8-16(15)21(18,19)20-14-6-2-1-3-7-14/h1-11,17H. The molecule has 0 saturated heterocycles. The second-order valence-electron chi connectivity index (χ2n) is 4.51. The van der Waals surface area contributed by atoms with E-state index in [9.17, 15) is 13.5 Å². The highest BCUT2D eigenvalue weighted by atomic mass is 32.2. The highest BCUT2D eigenvalue weighted by molar-refractivity contribution is 7.87. The van der Waals surface area contributed by atoms with Crippen LogP contribution in [0.3, 0.4) is 0 Å². The molecular weight excluding hydrogens is 288 g/mol. The van der Waals surface area contributed by atoms with Crippen molar-refractivity contribution in [3.63, 3.8) is 0 Å². The van der Waals surface area contributed by atoms with Crippen molar-refractivity contribution in [3.8, 4) is 11.5 Å². The monoisotopic (exact) mass is 300 g/mol. The third kappa shape index (κ3) is 2.68. The quantitative estimate of drug-likeness (QED) is 0.754. The van der Waals surface area contributed by atoms with Gasteiger partial charge in [-0.3, -0.25) is 0 Å². The van der Waals surface area contributed by atoms with Crippen molar-refractivity contribution < 1.29 is 17.7 Å².